The van der Waals surface area contributed by atoms with E-state index in [9.17, 15) is 18.2 Å². The van der Waals surface area contributed by atoms with Crippen LogP contribution < -0.4 is 14.2 Å². The lowest BCUT2D eigenvalue weighted by atomic mass is 9.99. The number of nitrogens with zero attached hydrogens (tertiary/aromatic N) is 2. The van der Waals surface area contributed by atoms with Crippen molar-refractivity contribution in [3.63, 3.8) is 0 Å². The zero-order valence-electron chi connectivity index (χ0n) is 19.9. The number of aromatic nitrogens is 1. The third kappa shape index (κ3) is 7.28. The van der Waals surface area contributed by atoms with Crippen molar-refractivity contribution in [3.8, 4) is 17.4 Å². The molecule has 36 heavy (non-hydrogen) atoms. The van der Waals surface area contributed by atoms with Gasteiger partial charge in [-0.2, -0.15) is 0 Å². The molecular formula is C23H26Cl2FN3O6S. The summed E-state index contributed by atoms with van der Waals surface area (Å²) in [7, 11) is 1.31. The Morgan fingerprint density at radius 1 is 1.22 bits per heavy atom. The highest BCUT2D eigenvalue weighted by atomic mass is 35.5. The number of hydrogen-bond acceptors (Lipinski definition) is 7. The molecule has 1 fully saturated rings. The minimum absolute atomic E-state index is 0.0533. The van der Waals surface area contributed by atoms with E-state index in [1.807, 2.05) is 13.8 Å². The lowest BCUT2D eigenvalue weighted by molar-refractivity contribution is -0.146. The summed E-state index contributed by atoms with van der Waals surface area (Å²) >= 11 is 10.5. The van der Waals surface area contributed by atoms with Gasteiger partial charge in [-0.15, -0.1) is 0 Å². The van der Waals surface area contributed by atoms with Crippen molar-refractivity contribution in [3.05, 3.63) is 45.8 Å². The normalized spacial score (nSPS) is 15.4. The first-order valence-electron chi connectivity index (χ1n) is 11.1. The second-order valence-corrected chi connectivity index (χ2v) is 10.5. The van der Waals surface area contributed by atoms with Crippen LogP contribution in [0.3, 0.4) is 0 Å². The van der Waals surface area contributed by atoms with Crippen LogP contribution in [-0.2, 0) is 20.7 Å². The van der Waals surface area contributed by atoms with Gasteiger partial charge >= 0.3 is 5.97 Å². The summed E-state index contributed by atoms with van der Waals surface area (Å²) in [4.78, 5) is 28.3. The summed E-state index contributed by atoms with van der Waals surface area (Å²) in [6.45, 7) is 5.02. The number of rotatable bonds is 9. The molecule has 1 saturated heterocycles. The van der Waals surface area contributed by atoms with E-state index in [4.69, 9.17) is 37.4 Å². The molecule has 9 nitrogen and oxygen atoms in total. The number of hydrogen-bond donors (Lipinski definition) is 1. The van der Waals surface area contributed by atoms with Gasteiger partial charge < -0.3 is 14.2 Å². The second-order valence-electron chi connectivity index (χ2n) is 8.43. The van der Waals surface area contributed by atoms with Gasteiger partial charge in [0.15, 0.2) is 11.2 Å². The molecule has 3 rings (SSSR count). The topological polar surface area (TPSA) is 107 Å². The molecule has 2 heterocycles. The lowest BCUT2D eigenvalue weighted by Gasteiger charge is -2.29. The van der Waals surface area contributed by atoms with E-state index in [-0.39, 0.29) is 45.2 Å². The van der Waals surface area contributed by atoms with E-state index in [1.165, 1.54) is 23.7 Å². The second kappa shape index (κ2) is 12.7. The molecule has 0 spiro atoms. The van der Waals surface area contributed by atoms with Crippen LogP contribution in [0.1, 0.15) is 37.0 Å². The third-order valence-electron chi connectivity index (χ3n) is 5.23. The standard InChI is InChI=1S/C23H26Cl2FN3O6S/c1-13(2)12-34-22-18(25)8-15(11-27-22)35-20-10-19(26)16(9-17(20)24)21(30)28-36(32)29-6-4-14(5-7-29)23(31)33-3/h8-11,13-14H,4-7,12H2,1-3H3,(H,28,30). The molecule has 1 amide bonds. The van der Waals surface area contributed by atoms with Gasteiger partial charge in [0.25, 0.3) is 5.91 Å². The Balaban J connectivity index is 1.63. The zero-order chi connectivity index (χ0) is 26.4. The van der Waals surface area contributed by atoms with Gasteiger partial charge in [-0.05, 0) is 24.8 Å². The van der Waals surface area contributed by atoms with Crippen molar-refractivity contribution < 1.29 is 32.4 Å². The smallest absolute Gasteiger partial charge is 0.308 e. The predicted molar refractivity (Wildman–Crippen MR) is 133 cm³/mol. The first kappa shape index (κ1) is 28.1. The van der Waals surface area contributed by atoms with Gasteiger partial charge in [-0.1, -0.05) is 37.0 Å². The van der Waals surface area contributed by atoms with Crippen LogP contribution in [0.25, 0.3) is 0 Å². The monoisotopic (exact) mass is 561 g/mol. The van der Waals surface area contributed by atoms with E-state index >= 15 is 0 Å². The molecule has 1 aliphatic rings. The van der Waals surface area contributed by atoms with Crippen molar-refractivity contribution >= 4 is 46.3 Å². The molecule has 1 aromatic heterocycles. The highest BCUT2D eigenvalue weighted by Gasteiger charge is 2.29. The van der Waals surface area contributed by atoms with Crippen LogP contribution in [0.5, 0.6) is 17.4 Å². The first-order chi connectivity index (χ1) is 17.1. The number of ether oxygens (including phenoxy) is 3. The first-order valence-corrected chi connectivity index (χ1v) is 13.0. The molecule has 1 N–H and O–H groups in total. The minimum Gasteiger partial charge on any atom is -0.476 e. The quantitative estimate of drug-likeness (QED) is 0.447. The van der Waals surface area contributed by atoms with Crippen LogP contribution >= 0.6 is 23.2 Å². The zero-order valence-corrected chi connectivity index (χ0v) is 22.2. The molecule has 2 aromatic rings. The van der Waals surface area contributed by atoms with Gasteiger partial charge in [0.2, 0.25) is 5.88 Å². The maximum atomic E-state index is 14.7. The number of esters is 1. The molecule has 196 valence electrons. The summed E-state index contributed by atoms with van der Waals surface area (Å²) in [5, 5.41) is 0.154. The number of halogens is 3. The number of piperidine rings is 1. The fourth-order valence-electron chi connectivity index (χ4n) is 3.35. The largest absolute Gasteiger partial charge is 0.476 e. The summed E-state index contributed by atoms with van der Waals surface area (Å²) in [6, 6.07) is 3.47. The Kier molecular flexibility index (Phi) is 9.89. The number of amides is 1. The molecule has 1 unspecified atom stereocenters. The molecule has 0 radical (unpaired) electrons. The fraction of sp³-hybridized carbons (Fsp3) is 0.435. The lowest BCUT2D eigenvalue weighted by Crippen LogP contribution is -2.44. The van der Waals surface area contributed by atoms with E-state index in [0.29, 0.717) is 32.5 Å². The van der Waals surface area contributed by atoms with E-state index in [0.717, 1.165) is 12.1 Å². The molecule has 0 bridgehead atoms. The van der Waals surface area contributed by atoms with Crippen LogP contribution in [-0.4, -0.2) is 52.2 Å². The number of benzene rings is 1. The van der Waals surface area contributed by atoms with Crippen molar-refractivity contribution in [2.45, 2.75) is 26.7 Å². The molecule has 13 heteroatoms. The molecule has 1 aliphatic heterocycles. The number of carbonyl (C=O) groups is 2. The Labute approximate surface area is 220 Å². The maximum Gasteiger partial charge on any atom is 0.308 e. The van der Waals surface area contributed by atoms with Crippen molar-refractivity contribution in [2.75, 3.05) is 26.8 Å². The summed E-state index contributed by atoms with van der Waals surface area (Å²) in [6.07, 6.45) is 2.22. The molecular weight excluding hydrogens is 536 g/mol. The van der Waals surface area contributed by atoms with Crippen molar-refractivity contribution in [1.82, 2.24) is 14.0 Å². The van der Waals surface area contributed by atoms with Crippen LogP contribution in [0.2, 0.25) is 10.0 Å². The third-order valence-corrected chi connectivity index (χ3v) is 6.99. The van der Waals surface area contributed by atoms with Crippen LogP contribution in [0.4, 0.5) is 4.39 Å². The summed E-state index contributed by atoms with van der Waals surface area (Å²) in [5.74, 6) is -1.79. The molecule has 1 aromatic carbocycles. The average Bonchev–Trinajstić information content (AvgIpc) is 2.84. The Bertz CT molecular complexity index is 1150. The Morgan fingerprint density at radius 2 is 1.92 bits per heavy atom. The summed E-state index contributed by atoms with van der Waals surface area (Å²) in [5.41, 5.74) is -0.404. The average molecular weight is 562 g/mol. The number of methoxy groups -OCH3 is 1. The van der Waals surface area contributed by atoms with E-state index in [1.54, 1.807) is 0 Å². The minimum atomic E-state index is -1.92. The van der Waals surface area contributed by atoms with Crippen LogP contribution in [0.15, 0.2) is 24.4 Å². The van der Waals surface area contributed by atoms with E-state index in [2.05, 4.69) is 9.71 Å². The van der Waals surface area contributed by atoms with Gasteiger partial charge in [0.1, 0.15) is 22.3 Å². The molecule has 0 aliphatic carbocycles. The highest BCUT2D eigenvalue weighted by Crippen LogP contribution is 2.34. The fourth-order valence-corrected chi connectivity index (χ4v) is 4.70. The number of nitrogens with one attached hydrogen (secondary N) is 1. The predicted octanol–water partition coefficient (Wildman–Crippen LogP) is 4.55. The highest BCUT2D eigenvalue weighted by molar-refractivity contribution is 7.81. The summed E-state index contributed by atoms with van der Waals surface area (Å²) < 4.78 is 46.9. The Hall–Kier alpha value is -2.47. The molecule has 0 saturated carbocycles. The van der Waals surface area contributed by atoms with Crippen LogP contribution in [0, 0.1) is 17.7 Å². The van der Waals surface area contributed by atoms with Gasteiger partial charge in [0.05, 0.1) is 36.4 Å². The Morgan fingerprint density at radius 3 is 2.53 bits per heavy atom. The maximum absolute atomic E-state index is 14.7. The number of pyridine rings is 1. The van der Waals surface area contributed by atoms with Crippen molar-refractivity contribution in [2.24, 2.45) is 11.8 Å². The van der Waals surface area contributed by atoms with Gasteiger partial charge in [-0.3, -0.25) is 14.3 Å². The van der Waals surface area contributed by atoms with Crippen molar-refractivity contribution in [1.29, 1.82) is 0 Å². The van der Waals surface area contributed by atoms with Gasteiger partial charge in [-0.25, -0.2) is 17.9 Å². The van der Waals surface area contributed by atoms with E-state index < -0.39 is 28.5 Å². The SMILES string of the molecule is COC(=O)C1CCN(S(=O)NC(=O)c2cc(Cl)c(Oc3cnc(OCC(C)C)c(Cl)c3)cc2F)CC1. The molecule has 1 atom stereocenters. The van der Waals surface area contributed by atoms with Gasteiger partial charge in [0, 0.05) is 25.2 Å². The number of carbonyl (C=O) groups excluding carboxylic acids is 2.